The molecule has 1 heterocycles. The van der Waals surface area contributed by atoms with Gasteiger partial charge in [0.15, 0.2) is 0 Å². The van der Waals surface area contributed by atoms with E-state index >= 15 is 0 Å². The molecule has 0 saturated heterocycles. The zero-order valence-electron chi connectivity index (χ0n) is 13.8. The van der Waals surface area contributed by atoms with Gasteiger partial charge in [0, 0.05) is 11.1 Å². The first-order valence-corrected chi connectivity index (χ1v) is 10.8. The van der Waals surface area contributed by atoms with Crippen LogP contribution in [0.3, 0.4) is 0 Å². The Morgan fingerprint density at radius 2 is 1.46 bits per heavy atom. The molecule has 0 fully saturated rings. The van der Waals surface area contributed by atoms with E-state index in [1.165, 1.54) is 18.2 Å². The fourth-order valence-electron chi connectivity index (χ4n) is 3.10. The van der Waals surface area contributed by atoms with Crippen molar-refractivity contribution in [3.8, 4) is 11.1 Å². The molecular weight excluding hydrogens is 370 g/mol. The zero-order chi connectivity index (χ0) is 18.5. The van der Waals surface area contributed by atoms with Crippen molar-refractivity contribution in [3.63, 3.8) is 0 Å². The Morgan fingerprint density at radius 3 is 2.19 bits per heavy atom. The summed E-state index contributed by atoms with van der Waals surface area (Å²) in [7, 11) is -8.56. The molecule has 1 aliphatic rings. The number of nitrogens with zero attached hydrogens (tertiary/aromatic N) is 1. The van der Waals surface area contributed by atoms with Gasteiger partial charge < -0.3 is 0 Å². The molecule has 4 rings (SSSR count). The summed E-state index contributed by atoms with van der Waals surface area (Å²) in [5.74, 6) is 0. The van der Waals surface area contributed by atoms with Crippen molar-refractivity contribution in [3.05, 3.63) is 78.4 Å². The van der Waals surface area contributed by atoms with Crippen molar-refractivity contribution < 1.29 is 16.8 Å². The van der Waals surface area contributed by atoms with Crippen LogP contribution in [0.25, 0.3) is 11.1 Å². The molecule has 3 aromatic rings. The van der Waals surface area contributed by atoms with Crippen molar-refractivity contribution in [2.45, 2.75) is 16.7 Å². The van der Waals surface area contributed by atoms with Crippen LogP contribution in [-0.4, -0.2) is 16.8 Å². The summed E-state index contributed by atoms with van der Waals surface area (Å²) in [6.45, 7) is 1.88. The summed E-state index contributed by atoms with van der Waals surface area (Å²) in [6.07, 6.45) is 0. The van der Waals surface area contributed by atoms with Gasteiger partial charge in [-0.05, 0) is 37.3 Å². The normalized spacial score (nSPS) is 15.2. The number of sulfonamides is 2. The molecule has 0 unspecified atom stereocenters. The monoisotopic (exact) mass is 385 g/mol. The highest BCUT2D eigenvalue weighted by Gasteiger charge is 2.42. The summed E-state index contributed by atoms with van der Waals surface area (Å²) in [4.78, 5) is -0.0907. The Kier molecular flexibility index (Phi) is 3.68. The van der Waals surface area contributed by atoms with Crippen LogP contribution < -0.4 is 3.71 Å². The lowest BCUT2D eigenvalue weighted by molar-refractivity contribution is 0.583. The van der Waals surface area contributed by atoms with Gasteiger partial charge in [-0.1, -0.05) is 48.0 Å². The SMILES string of the molecule is Cc1ccc2c(c1)-c1ccccc1S(=O)(=O)N2S(=O)(=O)c1ccccc1. The van der Waals surface area contributed by atoms with E-state index in [4.69, 9.17) is 0 Å². The summed E-state index contributed by atoms with van der Waals surface area (Å²) in [5, 5.41) is 0. The lowest BCUT2D eigenvalue weighted by Gasteiger charge is -2.31. The van der Waals surface area contributed by atoms with Gasteiger partial charge >= 0.3 is 0 Å². The maximum Gasteiger partial charge on any atom is 0.278 e. The van der Waals surface area contributed by atoms with E-state index in [2.05, 4.69) is 0 Å². The molecule has 0 atom stereocenters. The molecule has 0 aliphatic carbocycles. The number of hydrogen-bond donors (Lipinski definition) is 0. The molecule has 0 radical (unpaired) electrons. The molecule has 0 amide bonds. The molecule has 0 saturated carbocycles. The highest BCUT2D eigenvalue weighted by molar-refractivity contribution is 8.10. The van der Waals surface area contributed by atoms with E-state index in [0.717, 1.165) is 5.56 Å². The first kappa shape index (κ1) is 16.8. The van der Waals surface area contributed by atoms with Gasteiger partial charge in [-0.25, -0.2) is 8.42 Å². The second-order valence-corrected chi connectivity index (χ2v) is 9.81. The molecule has 5 nitrogen and oxygen atoms in total. The van der Waals surface area contributed by atoms with Crippen molar-refractivity contribution in [2.75, 3.05) is 3.71 Å². The average Bonchev–Trinajstić information content (AvgIpc) is 2.63. The maximum atomic E-state index is 13.2. The molecular formula is C19H15NO4S2. The minimum atomic E-state index is -4.29. The number of aryl methyl sites for hydroxylation is 1. The Balaban J connectivity index is 2.09. The van der Waals surface area contributed by atoms with Crippen LogP contribution in [0.5, 0.6) is 0 Å². The minimum absolute atomic E-state index is 0.0161. The Bertz CT molecular complexity index is 1200. The van der Waals surface area contributed by atoms with Gasteiger partial charge in [0.1, 0.15) is 0 Å². The summed E-state index contributed by atoms with van der Waals surface area (Å²) < 4.78 is 53.4. The molecule has 0 bridgehead atoms. The fraction of sp³-hybridized carbons (Fsp3) is 0.0526. The van der Waals surface area contributed by atoms with E-state index in [1.807, 2.05) is 6.92 Å². The number of hydrogen-bond acceptors (Lipinski definition) is 4. The quantitative estimate of drug-likeness (QED) is 0.676. The van der Waals surface area contributed by atoms with Crippen molar-refractivity contribution in [2.24, 2.45) is 0 Å². The highest BCUT2D eigenvalue weighted by atomic mass is 32.3. The summed E-state index contributed by atoms with van der Waals surface area (Å²) >= 11 is 0. The van der Waals surface area contributed by atoms with Gasteiger partial charge in [0.25, 0.3) is 20.0 Å². The smallest absolute Gasteiger partial charge is 0.200 e. The largest absolute Gasteiger partial charge is 0.278 e. The molecule has 7 heteroatoms. The average molecular weight is 385 g/mol. The standard InChI is InChI=1S/C19H15NO4S2/c1-14-11-12-18-17(13-14)16-9-5-6-10-19(16)26(23,24)20(18)25(21,22)15-7-3-2-4-8-15/h2-13H,1H3. The Labute approximate surface area is 152 Å². The predicted molar refractivity (Wildman–Crippen MR) is 99.9 cm³/mol. The van der Waals surface area contributed by atoms with Gasteiger partial charge in [-0.15, -0.1) is 0 Å². The topological polar surface area (TPSA) is 71.5 Å². The maximum absolute atomic E-state index is 13.2. The second-order valence-electron chi connectivity index (χ2n) is 6.04. The number of anilines is 1. The van der Waals surface area contributed by atoms with Gasteiger partial charge in [-0.2, -0.15) is 12.1 Å². The van der Waals surface area contributed by atoms with Crippen molar-refractivity contribution in [1.82, 2.24) is 0 Å². The lowest BCUT2D eigenvalue weighted by Crippen LogP contribution is -2.39. The van der Waals surface area contributed by atoms with Crippen LogP contribution in [0.1, 0.15) is 5.56 Å². The van der Waals surface area contributed by atoms with Gasteiger partial charge in [0.2, 0.25) is 0 Å². The van der Waals surface area contributed by atoms with Crippen molar-refractivity contribution >= 4 is 25.7 Å². The molecule has 132 valence electrons. The van der Waals surface area contributed by atoms with Crippen LogP contribution in [0.15, 0.2) is 82.6 Å². The van der Waals surface area contributed by atoms with Crippen LogP contribution in [-0.2, 0) is 20.0 Å². The van der Waals surface area contributed by atoms with E-state index in [1.54, 1.807) is 54.6 Å². The molecule has 0 spiro atoms. The first-order valence-electron chi connectivity index (χ1n) is 7.89. The molecule has 0 aromatic heterocycles. The fourth-order valence-corrected chi connectivity index (χ4v) is 7.05. The van der Waals surface area contributed by atoms with Crippen molar-refractivity contribution in [1.29, 1.82) is 0 Å². The molecule has 1 aliphatic heterocycles. The zero-order valence-corrected chi connectivity index (χ0v) is 15.5. The van der Waals surface area contributed by atoms with Crippen LogP contribution in [0, 0.1) is 6.92 Å². The predicted octanol–water partition coefficient (Wildman–Crippen LogP) is 3.56. The third kappa shape index (κ3) is 2.35. The minimum Gasteiger partial charge on any atom is -0.200 e. The van der Waals surface area contributed by atoms with Crippen LogP contribution in [0.4, 0.5) is 5.69 Å². The second kappa shape index (κ2) is 5.69. The lowest BCUT2D eigenvalue weighted by atomic mass is 10.0. The molecule has 26 heavy (non-hydrogen) atoms. The van der Waals surface area contributed by atoms with Crippen LogP contribution in [0.2, 0.25) is 0 Å². The highest BCUT2D eigenvalue weighted by Crippen LogP contribution is 2.45. The summed E-state index contributed by atoms with van der Waals surface area (Å²) in [5.41, 5.74) is 2.13. The Hall–Kier alpha value is -2.64. The van der Waals surface area contributed by atoms with Crippen LogP contribution >= 0.6 is 0 Å². The number of benzene rings is 3. The van der Waals surface area contributed by atoms with Gasteiger partial charge in [0.05, 0.1) is 15.5 Å². The summed E-state index contributed by atoms with van der Waals surface area (Å²) in [6, 6.07) is 19.1. The molecule has 0 N–H and O–H groups in total. The third-order valence-electron chi connectivity index (χ3n) is 4.28. The first-order chi connectivity index (χ1) is 12.3. The van der Waals surface area contributed by atoms with E-state index in [9.17, 15) is 16.8 Å². The number of fused-ring (bicyclic) bond motifs is 3. The van der Waals surface area contributed by atoms with Gasteiger partial charge in [-0.3, -0.25) is 0 Å². The van der Waals surface area contributed by atoms with E-state index in [-0.39, 0.29) is 15.5 Å². The Morgan fingerprint density at radius 1 is 0.808 bits per heavy atom. The number of rotatable bonds is 2. The molecule has 3 aromatic carbocycles. The van der Waals surface area contributed by atoms with E-state index in [0.29, 0.717) is 14.8 Å². The third-order valence-corrected chi connectivity index (χ3v) is 8.51. The van der Waals surface area contributed by atoms with E-state index < -0.39 is 20.0 Å².